The molecular weight excluding hydrogens is 885 g/mol. The summed E-state index contributed by atoms with van der Waals surface area (Å²) in [5.41, 5.74) is 3.08. The Morgan fingerprint density at radius 1 is 0.361 bits per heavy atom. The number of furan rings is 2. The number of unbranched alkanes of at least 4 members (excludes halogenated alkanes) is 32. The number of carbonyl (C=O) groups excluding carboxylic acids is 2. The Labute approximate surface area is 441 Å². The van der Waals surface area contributed by atoms with Gasteiger partial charge >= 0.3 is 0 Å². The Morgan fingerprint density at radius 3 is 0.847 bits per heavy atom. The summed E-state index contributed by atoms with van der Waals surface area (Å²) in [7, 11) is 0. The first-order chi connectivity index (χ1) is 35.5. The quantitative estimate of drug-likeness (QED) is 0.0529. The summed E-state index contributed by atoms with van der Waals surface area (Å²) in [4.78, 5) is 34.2. The molecule has 6 heteroatoms. The minimum Gasteiger partial charge on any atom is -0.464 e. The second-order valence-corrected chi connectivity index (χ2v) is 22.6. The minimum atomic E-state index is 0.0265. The van der Waals surface area contributed by atoms with Crippen LogP contribution in [0.3, 0.4) is 0 Å². The Kier molecular flexibility index (Phi) is 30.0. The molecule has 2 aliphatic heterocycles. The molecule has 0 saturated heterocycles. The number of rotatable bonds is 46. The van der Waals surface area contributed by atoms with Gasteiger partial charge in [0.25, 0.3) is 11.8 Å². The van der Waals surface area contributed by atoms with Crippen LogP contribution in [0.4, 0.5) is 11.4 Å². The molecule has 0 aliphatic carbocycles. The second kappa shape index (κ2) is 36.4. The first kappa shape index (κ1) is 59.3. The zero-order valence-electron chi connectivity index (χ0n) is 47.0. The van der Waals surface area contributed by atoms with Crippen LogP contribution in [-0.2, 0) is 9.59 Å². The molecule has 0 radical (unpaired) electrons. The van der Waals surface area contributed by atoms with Crippen molar-refractivity contribution in [3.8, 4) is 0 Å². The van der Waals surface area contributed by atoms with E-state index in [1.165, 1.54) is 231 Å². The molecule has 2 aromatic heterocycles. The van der Waals surface area contributed by atoms with Crippen LogP contribution in [0.2, 0.25) is 0 Å². The number of anilines is 2. The number of amides is 2. The molecule has 2 aliphatic rings. The molecule has 5 rings (SSSR count). The summed E-state index contributed by atoms with van der Waals surface area (Å²) in [5.74, 6) is 2.09. The molecule has 6 nitrogen and oxygen atoms in total. The van der Waals surface area contributed by atoms with E-state index in [4.69, 9.17) is 8.83 Å². The van der Waals surface area contributed by atoms with Crippen LogP contribution >= 0.6 is 0 Å². The fourth-order valence-electron chi connectivity index (χ4n) is 12.0. The van der Waals surface area contributed by atoms with Crippen LogP contribution in [0.25, 0.3) is 11.1 Å². The number of hydrogen-bond donors (Lipinski definition) is 0. The Hall–Kier alpha value is -3.54. The molecule has 2 amide bonds. The molecule has 3 aromatic rings. The molecule has 72 heavy (non-hydrogen) atoms. The van der Waals surface area contributed by atoms with Crippen LogP contribution in [0.1, 0.15) is 296 Å². The molecule has 0 bridgehead atoms. The van der Waals surface area contributed by atoms with Crippen LogP contribution in [0.5, 0.6) is 0 Å². The molecule has 2 unspecified atom stereocenters. The number of benzene rings is 1. The highest BCUT2D eigenvalue weighted by atomic mass is 16.3. The lowest BCUT2D eigenvalue weighted by Gasteiger charge is -2.27. The fraction of sp³-hybridized carbons (Fsp3) is 0.727. The fourth-order valence-corrected chi connectivity index (χ4v) is 12.0. The van der Waals surface area contributed by atoms with E-state index in [1.807, 2.05) is 24.3 Å². The zero-order chi connectivity index (χ0) is 50.9. The van der Waals surface area contributed by atoms with E-state index in [1.54, 1.807) is 12.5 Å². The third kappa shape index (κ3) is 20.3. The smallest absolute Gasteiger partial charge is 0.262 e. The van der Waals surface area contributed by atoms with Crippen molar-refractivity contribution in [3.63, 3.8) is 0 Å². The molecule has 2 atom stereocenters. The van der Waals surface area contributed by atoms with Crippen molar-refractivity contribution in [2.45, 2.75) is 285 Å². The highest BCUT2D eigenvalue weighted by Gasteiger charge is 2.38. The van der Waals surface area contributed by atoms with Gasteiger partial charge in [-0.1, -0.05) is 259 Å². The maximum atomic E-state index is 15.0. The molecule has 0 N–H and O–H groups in total. The lowest BCUT2D eigenvalue weighted by atomic mass is 9.93. The van der Waals surface area contributed by atoms with Gasteiger partial charge in [0, 0.05) is 23.5 Å². The minimum absolute atomic E-state index is 0.0265. The maximum Gasteiger partial charge on any atom is 0.262 e. The van der Waals surface area contributed by atoms with Crippen LogP contribution in [-0.4, -0.2) is 24.9 Å². The highest BCUT2D eigenvalue weighted by molar-refractivity contribution is 6.31. The molecule has 0 spiro atoms. The zero-order valence-corrected chi connectivity index (χ0v) is 47.0. The van der Waals surface area contributed by atoms with Crippen molar-refractivity contribution in [3.05, 3.63) is 70.9 Å². The van der Waals surface area contributed by atoms with E-state index in [0.717, 1.165) is 47.5 Å². The van der Waals surface area contributed by atoms with E-state index in [2.05, 4.69) is 49.6 Å². The Balaban J connectivity index is 1.37. The van der Waals surface area contributed by atoms with Gasteiger partial charge in [-0.05, 0) is 73.9 Å². The Morgan fingerprint density at radius 2 is 0.611 bits per heavy atom. The van der Waals surface area contributed by atoms with E-state index < -0.39 is 0 Å². The third-order valence-corrected chi connectivity index (χ3v) is 16.4. The lowest BCUT2D eigenvalue weighted by Crippen LogP contribution is -2.35. The summed E-state index contributed by atoms with van der Waals surface area (Å²) in [6.45, 7) is 10.6. The topological polar surface area (TPSA) is 66.9 Å². The number of nitrogens with zero attached hydrogens (tertiary/aromatic N) is 2. The van der Waals surface area contributed by atoms with Crippen LogP contribution in [0, 0.1) is 11.8 Å². The van der Waals surface area contributed by atoms with Gasteiger partial charge < -0.3 is 18.6 Å². The van der Waals surface area contributed by atoms with Gasteiger partial charge in [-0.2, -0.15) is 0 Å². The molecule has 1 aromatic carbocycles. The number of fused-ring (bicyclic) bond motifs is 2. The predicted octanol–water partition coefficient (Wildman–Crippen LogP) is 18.9. The summed E-state index contributed by atoms with van der Waals surface area (Å²) in [5, 5.41) is 1.79. The molecule has 4 heterocycles. The van der Waals surface area contributed by atoms with Crippen molar-refractivity contribution in [2.75, 3.05) is 22.9 Å². The van der Waals surface area contributed by atoms with Gasteiger partial charge in [-0.25, -0.2) is 0 Å². The average Bonchev–Trinajstić information content (AvgIpc) is 4.21. The van der Waals surface area contributed by atoms with E-state index in [9.17, 15) is 0 Å². The molecule has 404 valence electrons. The van der Waals surface area contributed by atoms with Gasteiger partial charge in [-0.15, -0.1) is 0 Å². The number of carbonyl (C=O) groups is 2. The monoisotopic (exact) mass is 991 g/mol. The SMILES string of the molecule is CCCCCCCCCCCCC(CCCCCCCCCC)CN1C(=O)C(c2ccco2)=c2cc3c(cc21)=C(c1ccco1)C(=O)N3CC(CCCCCCCCCC)CCCCCCCCCCCC. The highest BCUT2D eigenvalue weighted by Crippen LogP contribution is 2.34. The summed E-state index contributed by atoms with van der Waals surface area (Å²) >= 11 is 0. The van der Waals surface area contributed by atoms with Crippen molar-refractivity contribution < 1.29 is 18.4 Å². The van der Waals surface area contributed by atoms with Gasteiger partial charge in [0.1, 0.15) is 11.5 Å². The van der Waals surface area contributed by atoms with Crippen molar-refractivity contribution in [1.82, 2.24) is 0 Å². The lowest BCUT2D eigenvalue weighted by molar-refractivity contribution is -0.114. The summed E-state index contributed by atoms with van der Waals surface area (Å²) in [6, 6.07) is 12.0. The summed E-state index contributed by atoms with van der Waals surface area (Å²) in [6.07, 6.45) is 55.4. The summed E-state index contributed by atoms with van der Waals surface area (Å²) < 4.78 is 12.2. The largest absolute Gasteiger partial charge is 0.464 e. The predicted molar refractivity (Wildman–Crippen MR) is 307 cm³/mol. The third-order valence-electron chi connectivity index (χ3n) is 16.4. The van der Waals surface area contributed by atoms with Crippen LogP contribution < -0.4 is 20.2 Å². The van der Waals surface area contributed by atoms with E-state index in [-0.39, 0.29) is 11.8 Å². The van der Waals surface area contributed by atoms with Crippen molar-refractivity contribution >= 4 is 34.3 Å². The molecular formula is C66H106N2O4. The average molecular weight is 992 g/mol. The second-order valence-electron chi connectivity index (χ2n) is 22.6. The number of hydrogen-bond acceptors (Lipinski definition) is 4. The molecule has 0 fully saturated rings. The standard InChI is InChI=1S/C66H106N2O4/c1-5-9-13-17-21-25-27-31-35-39-45-55(43-37-33-29-23-19-15-11-7-3)53-67-59-51-58-60(52-57(59)63(65(67)69)61-47-41-49-71-61)68(66(70)64(58)62-48-42-50-72-62)54-56(44-38-34-30-24-20-16-12-8-4)46-40-36-32-28-26-22-18-14-10-6-2/h41-42,47-52,55-56H,5-40,43-46,53-54H2,1-4H3. The Bertz CT molecular complexity index is 1850. The van der Waals surface area contributed by atoms with Crippen LogP contribution in [0.15, 0.2) is 57.8 Å². The van der Waals surface area contributed by atoms with Gasteiger partial charge in [0.05, 0.1) is 35.0 Å². The first-order valence-electron chi connectivity index (χ1n) is 31.2. The maximum absolute atomic E-state index is 15.0. The normalized spacial score (nSPS) is 14.3. The van der Waals surface area contributed by atoms with Gasteiger partial charge in [-0.3, -0.25) is 9.59 Å². The van der Waals surface area contributed by atoms with Gasteiger partial charge in [0.2, 0.25) is 0 Å². The van der Waals surface area contributed by atoms with Crippen molar-refractivity contribution in [2.24, 2.45) is 11.8 Å². The van der Waals surface area contributed by atoms with Crippen molar-refractivity contribution in [1.29, 1.82) is 0 Å². The van der Waals surface area contributed by atoms with E-state index in [0.29, 0.717) is 47.6 Å². The first-order valence-corrected chi connectivity index (χ1v) is 31.2. The van der Waals surface area contributed by atoms with E-state index >= 15 is 9.59 Å². The van der Waals surface area contributed by atoms with Gasteiger partial charge in [0.15, 0.2) is 0 Å². The molecule has 0 saturated carbocycles.